The lowest BCUT2D eigenvalue weighted by Crippen LogP contribution is -2.51. The number of hydrogen-bond donors (Lipinski definition) is 0. The predicted octanol–water partition coefficient (Wildman–Crippen LogP) is 1.51. The molecular weight excluding hydrogens is 308 g/mol. The molecule has 0 saturated carbocycles. The molecule has 1 aromatic heterocycles. The number of nitrogens with zero attached hydrogens (tertiary/aromatic N) is 4. The topological polar surface area (TPSA) is 60.2 Å². The van der Waals surface area contributed by atoms with Gasteiger partial charge in [-0.15, -0.1) is 0 Å². The summed E-state index contributed by atoms with van der Waals surface area (Å²) >= 11 is 3.35. The van der Waals surface area contributed by atoms with Crippen molar-refractivity contribution in [2.45, 2.75) is 13.0 Å². The number of amides is 1. The Bertz CT molecular complexity index is 506. The van der Waals surface area contributed by atoms with Crippen molar-refractivity contribution < 1.29 is 4.79 Å². The monoisotopic (exact) mass is 322 g/mol. The normalized spacial score (nSPS) is 17.8. The van der Waals surface area contributed by atoms with Gasteiger partial charge in [0.15, 0.2) is 0 Å². The molecule has 1 amide bonds. The van der Waals surface area contributed by atoms with Crippen molar-refractivity contribution in [1.82, 2.24) is 14.8 Å². The van der Waals surface area contributed by atoms with E-state index in [9.17, 15) is 4.79 Å². The first-order valence-electron chi connectivity index (χ1n) is 6.17. The van der Waals surface area contributed by atoms with Gasteiger partial charge in [0.05, 0.1) is 12.1 Å². The molecule has 2 rings (SSSR count). The summed E-state index contributed by atoms with van der Waals surface area (Å²) in [5.74, 6) is -0.0586. The van der Waals surface area contributed by atoms with Crippen molar-refractivity contribution in [1.29, 1.82) is 5.26 Å². The maximum atomic E-state index is 12.3. The van der Waals surface area contributed by atoms with E-state index in [0.717, 1.165) is 13.1 Å². The van der Waals surface area contributed by atoms with Gasteiger partial charge in [0, 0.05) is 36.8 Å². The smallest absolute Gasteiger partial charge is 0.273 e. The van der Waals surface area contributed by atoms with Crippen molar-refractivity contribution in [2.24, 2.45) is 0 Å². The number of nitriles is 1. The molecule has 0 bridgehead atoms. The first kappa shape index (κ1) is 14.0. The van der Waals surface area contributed by atoms with E-state index in [4.69, 9.17) is 5.26 Å². The van der Waals surface area contributed by atoms with Crippen LogP contribution in [-0.2, 0) is 0 Å². The average Bonchev–Trinajstić information content (AvgIpc) is 2.46. The number of aromatic nitrogens is 1. The Morgan fingerprint density at radius 3 is 2.74 bits per heavy atom. The average molecular weight is 323 g/mol. The van der Waals surface area contributed by atoms with Crippen molar-refractivity contribution in [3.8, 4) is 6.07 Å². The van der Waals surface area contributed by atoms with Crippen molar-refractivity contribution in [3.63, 3.8) is 0 Å². The molecule has 0 spiro atoms. The Morgan fingerprint density at radius 2 is 2.16 bits per heavy atom. The van der Waals surface area contributed by atoms with Crippen molar-refractivity contribution in [2.75, 3.05) is 26.2 Å². The van der Waals surface area contributed by atoms with E-state index >= 15 is 0 Å². The Labute approximate surface area is 121 Å². The highest BCUT2D eigenvalue weighted by molar-refractivity contribution is 9.10. The van der Waals surface area contributed by atoms with Crippen LogP contribution in [0.1, 0.15) is 17.4 Å². The highest BCUT2D eigenvalue weighted by atomic mass is 79.9. The minimum atomic E-state index is -0.0983. The number of rotatable bonds is 2. The molecule has 1 atom stereocenters. The van der Waals surface area contributed by atoms with Gasteiger partial charge in [0.1, 0.15) is 5.69 Å². The van der Waals surface area contributed by atoms with Crippen LogP contribution in [0.15, 0.2) is 22.8 Å². The van der Waals surface area contributed by atoms with Gasteiger partial charge < -0.3 is 4.90 Å². The molecule has 1 saturated heterocycles. The standard InChI is InChI=1S/C13H15BrN4O/c1-10(9-15)17-5-7-18(8-6-17)13(19)12-11(14)3-2-4-16-12/h2-4,10H,5-8H2,1H3. The van der Waals surface area contributed by atoms with Crippen LogP contribution in [0.2, 0.25) is 0 Å². The molecule has 6 heteroatoms. The van der Waals surface area contributed by atoms with Gasteiger partial charge >= 0.3 is 0 Å². The van der Waals surface area contributed by atoms with E-state index in [1.807, 2.05) is 13.0 Å². The number of carbonyl (C=O) groups excluding carboxylic acids is 1. The van der Waals surface area contributed by atoms with E-state index in [-0.39, 0.29) is 11.9 Å². The summed E-state index contributed by atoms with van der Waals surface area (Å²) in [5, 5.41) is 8.89. The second-order valence-electron chi connectivity index (χ2n) is 4.47. The van der Waals surface area contributed by atoms with Gasteiger partial charge in [-0.25, -0.2) is 4.98 Å². The molecule has 1 unspecified atom stereocenters. The fourth-order valence-corrected chi connectivity index (χ4v) is 2.51. The number of piperazine rings is 1. The lowest BCUT2D eigenvalue weighted by atomic mass is 10.2. The molecule has 19 heavy (non-hydrogen) atoms. The van der Waals surface area contributed by atoms with Crippen LogP contribution >= 0.6 is 15.9 Å². The Hall–Kier alpha value is -1.45. The zero-order valence-electron chi connectivity index (χ0n) is 10.7. The van der Waals surface area contributed by atoms with Crippen LogP contribution in [0.4, 0.5) is 0 Å². The lowest BCUT2D eigenvalue weighted by molar-refractivity contribution is 0.0609. The van der Waals surface area contributed by atoms with Gasteiger partial charge in [0.2, 0.25) is 0 Å². The molecule has 100 valence electrons. The molecule has 1 aromatic rings. The van der Waals surface area contributed by atoms with Crippen LogP contribution < -0.4 is 0 Å². The number of halogens is 1. The summed E-state index contributed by atoms with van der Waals surface area (Å²) < 4.78 is 0.716. The van der Waals surface area contributed by atoms with Crippen LogP contribution in [0.25, 0.3) is 0 Å². The third-order valence-electron chi connectivity index (χ3n) is 3.30. The molecular formula is C13H15BrN4O. The van der Waals surface area contributed by atoms with E-state index < -0.39 is 0 Å². The molecule has 0 aliphatic carbocycles. The van der Waals surface area contributed by atoms with Crippen LogP contribution in [0.3, 0.4) is 0 Å². The maximum absolute atomic E-state index is 12.3. The summed E-state index contributed by atoms with van der Waals surface area (Å²) in [4.78, 5) is 20.3. The summed E-state index contributed by atoms with van der Waals surface area (Å²) in [6.45, 7) is 4.60. The summed E-state index contributed by atoms with van der Waals surface area (Å²) in [5.41, 5.74) is 0.448. The predicted molar refractivity (Wildman–Crippen MR) is 74.5 cm³/mol. The number of carbonyl (C=O) groups is 1. The lowest BCUT2D eigenvalue weighted by Gasteiger charge is -2.35. The molecule has 1 aliphatic heterocycles. The van der Waals surface area contributed by atoms with Crippen LogP contribution in [0.5, 0.6) is 0 Å². The second kappa shape index (κ2) is 6.13. The van der Waals surface area contributed by atoms with Crippen molar-refractivity contribution >= 4 is 21.8 Å². The molecule has 1 fully saturated rings. The molecule has 0 N–H and O–H groups in total. The third-order valence-corrected chi connectivity index (χ3v) is 3.94. The summed E-state index contributed by atoms with van der Waals surface area (Å²) in [6.07, 6.45) is 1.62. The van der Waals surface area contributed by atoms with Crippen molar-refractivity contribution in [3.05, 3.63) is 28.5 Å². The van der Waals surface area contributed by atoms with Gasteiger partial charge in [-0.2, -0.15) is 5.26 Å². The largest absolute Gasteiger partial charge is 0.335 e. The van der Waals surface area contributed by atoms with Gasteiger partial charge in [0.25, 0.3) is 5.91 Å². The van der Waals surface area contributed by atoms with Gasteiger partial charge in [-0.05, 0) is 35.0 Å². The summed E-state index contributed by atoms with van der Waals surface area (Å²) in [6, 6.07) is 5.72. The zero-order chi connectivity index (χ0) is 13.8. The van der Waals surface area contributed by atoms with E-state index in [0.29, 0.717) is 23.3 Å². The zero-order valence-corrected chi connectivity index (χ0v) is 12.3. The second-order valence-corrected chi connectivity index (χ2v) is 5.32. The van der Waals surface area contributed by atoms with E-state index in [2.05, 4.69) is 31.9 Å². The first-order valence-corrected chi connectivity index (χ1v) is 6.96. The Morgan fingerprint density at radius 1 is 1.47 bits per heavy atom. The van der Waals surface area contributed by atoms with E-state index in [1.165, 1.54) is 0 Å². The van der Waals surface area contributed by atoms with Crippen LogP contribution in [0, 0.1) is 11.3 Å². The highest BCUT2D eigenvalue weighted by Crippen LogP contribution is 2.16. The molecule has 5 nitrogen and oxygen atoms in total. The maximum Gasteiger partial charge on any atom is 0.273 e. The quantitative estimate of drug-likeness (QED) is 0.828. The number of hydrogen-bond acceptors (Lipinski definition) is 4. The minimum Gasteiger partial charge on any atom is -0.335 e. The highest BCUT2D eigenvalue weighted by Gasteiger charge is 2.26. The van der Waals surface area contributed by atoms with Gasteiger partial charge in [-0.1, -0.05) is 0 Å². The summed E-state index contributed by atoms with van der Waals surface area (Å²) in [7, 11) is 0. The molecule has 1 aliphatic rings. The Kier molecular flexibility index (Phi) is 4.51. The fourth-order valence-electron chi connectivity index (χ4n) is 2.09. The number of pyridine rings is 1. The third kappa shape index (κ3) is 3.11. The molecule has 2 heterocycles. The Balaban J connectivity index is 2.01. The minimum absolute atomic E-state index is 0.0586. The first-order chi connectivity index (χ1) is 9.13. The van der Waals surface area contributed by atoms with Gasteiger partial charge in [-0.3, -0.25) is 9.69 Å². The van der Waals surface area contributed by atoms with E-state index in [1.54, 1.807) is 17.2 Å². The SMILES string of the molecule is CC(C#N)N1CCN(C(=O)c2ncccc2Br)CC1. The molecule has 0 aromatic carbocycles. The molecule has 0 radical (unpaired) electrons. The van der Waals surface area contributed by atoms with Crippen LogP contribution in [-0.4, -0.2) is 52.9 Å². The fraction of sp³-hybridized carbons (Fsp3) is 0.462.